The summed E-state index contributed by atoms with van der Waals surface area (Å²) in [5.74, 6) is 2.12. The molecule has 0 aliphatic heterocycles. The van der Waals surface area contributed by atoms with E-state index in [4.69, 9.17) is 14.2 Å². The molecule has 27 heavy (non-hydrogen) atoms. The van der Waals surface area contributed by atoms with Gasteiger partial charge in [-0.25, -0.2) is 0 Å². The molecule has 1 amide bonds. The maximum Gasteiger partial charge on any atom is 0.234 e. The van der Waals surface area contributed by atoms with Crippen molar-refractivity contribution in [2.75, 3.05) is 34.9 Å². The molecular weight excluding hydrogens is 344 g/mol. The van der Waals surface area contributed by atoms with Gasteiger partial charge in [-0.1, -0.05) is 18.2 Å². The molecule has 6 heteroatoms. The third-order valence-electron chi connectivity index (χ3n) is 4.36. The van der Waals surface area contributed by atoms with Crippen LogP contribution in [0.5, 0.6) is 17.2 Å². The smallest absolute Gasteiger partial charge is 0.234 e. The fraction of sp³-hybridized carbons (Fsp3) is 0.381. The summed E-state index contributed by atoms with van der Waals surface area (Å²) in [5.41, 5.74) is 3.13. The van der Waals surface area contributed by atoms with Gasteiger partial charge in [-0.2, -0.15) is 0 Å². The quantitative estimate of drug-likeness (QED) is 0.733. The molecule has 2 rings (SSSR count). The largest absolute Gasteiger partial charge is 0.496 e. The van der Waals surface area contributed by atoms with E-state index in [-0.39, 0.29) is 5.91 Å². The lowest BCUT2D eigenvalue weighted by molar-refractivity contribution is -0.122. The third-order valence-corrected chi connectivity index (χ3v) is 4.36. The Morgan fingerprint density at radius 3 is 2.26 bits per heavy atom. The van der Waals surface area contributed by atoms with E-state index in [0.29, 0.717) is 31.1 Å². The monoisotopic (exact) mass is 372 g/mol. The lowest BCUT2D eigenvalue weighted by Crippen LogP contribution is -2.34. The first kappa shape index (κ1) is 20.6. The average molecular weight is 372 g/mol. The van der Waals surface area contributed by atoms with Crippen LogP contribution >= 0.6 is 0 Å². The van der Waals surface area contributed by atoms with E-state index in [1.54, 1.807) is 21.3 Å². The van der Waals surface area contributed by atoms with Gasteiger partial charge in [0.1, 0.15) is 5.75 Å². The molecule has 0 saturated carbocycles. The lowest BCUT2D eigenvalue weighted by Gasteiger charge is -2.19. The summed E-state index contributed by atoms with van der Waals surface area (Å²) in [4.78, 5) is 14.3. The molecule has 0 heterocycles. The van der Waals surface area contributed by atoms with Crippen molar-refractivity contribution in [3.8, 4) is 17.2 Å². The van der Waals surface area contributed by atoms with Crippen LogP contribution in [0.1, 0.15) is 16.7 Å². The van der Waals surface area contributed by atoms with Gasteiger partial charge < -0.3 is 19.5 Å². The highest BCUT2D eigenvalue weighted by Crippen LogP contribution is 2.30. The maximum atomic E-state index is 12.3. The zero-order valence-corrected chi connectivity index (χ0v) is 16.7. The van der Waals surface area contributed by atoms with Crippen LogP contribution in [0.2, 0.25) is 0 Å². The zero-order chi connectivity index (χ0) is 19.8. The minimum atomic E-state index is -0.0402. The summed E-state index contributed by atoms with van der Waals surface area (Å²) in [7, 11) is 6.78. The summed E-state index contributed by atoms with van der Waals surface area (Å²) in [5, 5.41) is 2.94. The second kappa shape index (κ2) is 9.83. The Bertz CT molecular complexity index is 777. The second-order valence-corrected chi connectivity index (χ2v) is 6.39. The van der Waals surface area contributed by atoms with Crippen LogP contribution < -0.4 is 19.5 Å². The fourth-order valence-corrected chi connectivity index (χ4v) is 2.88. The van der Waals surface area contributed by atoms with E-state index in [2.05, 4.69) is 5.32 Å². The van der Waals surface area contributed by atoms with Crippen LogP contribution in [0.25, 0.3) is 0 Å². The normalized spacial score (nSPS) is 10.6. The van der Waals surface area contributed by atoms with Crippen molar-refractivity contribution in [3.05, 3.63) is 53.1 Å². The van der Waals surface area contributed by atoms with Gasteiger partial charge in [0.15, 0.2) is 11.5 Å². The summed E-state index contributed by atoms with van der Waals surface area (Å²) in [6.07, 6.45) is 0. The number of rotatable bonds is 9. The number of aryl methyl sites for hydroxylation is 1. The Labute approximate surface area is 161 Å². The fourth-order valence-electron chi connectivity index (χ4n) is 2.88. The molecule has 6 nitrogen and oxygen atoms in total. The molecule has 0 radical (unpaired) electrons. The molecule has 0 atom stereocenters. The highest BCUT2D eigenvalue weighted by Gasteiger charge is 2.13. The minimum absolute atomic E-state index is 0.0402. The SMILES string of the molecule is COc1ccccc1CNC(=O)CN(C)Cc1cc(OC)c(OC)cc1C. The van der Waals surface area contributed by atoms with E-state index < -0.39 is 0 Å². The van der Waals surface area contributed by atoms with Crippen molar-refractivity contribution >= 4 is 5.91 Å². The molecule has 146 valence electrons. The Balaban J connectivity index is 1.93. The van der Waals surface area contributed by atoms with Crippen LogP contribution in [0.3, 0.4) is 0 Å². The number of hydrogen-bond acceptors (Lipinski definition) is 5. The number of hydrogen-bond donors (Lipinski definition) is 1. The number of nitrogens with one attached hydrogen (secondary N) is 1. The molecule has 2 aromatic rings. The van der Waals surface area contributed by atoms with E-state index in [0.717, 1.165) is 22.4 Å². The average Bonchev–Trinajstić information content (AvgIpc) is 2.67. The number of nitrogens with zero attached hydrogens (tertiary/aromatic N) is 1. The molecule has 0 spiro atoms. The number of likely N-dealkylation sites (N-methyl/N-ethyl adjacent to an activating group) is 1. The predicted molar refractivity (Wildman–Crippen MR) is 105 cm³/mol. The first-order valence-corrected chi connectivity index (χ1v) is 8.77. The first-order valence-electron chi connectivity index (χ1n) is 8.77. The van der Waals surface area contributed by atoms with Crippen molar-refractivity contribution in [2.24, 2.45) is 0 Å². The molecule has 0 aromatic heterocycles. The molecule has 0 unspecified atom stereocenters. The standard InChI is InChI=1S/C21H28N2O4/c1-15-10-19(26-4)20(27-5)11-17(15)13-23(2)14-21(24)22-12-16-8-6-7-9-18(16)25-3/h6-11H,12-14H2,1-5H3,(H,22,24). The van der Waals surface area contributed by atoms with Crippen molar-refractivity contribution in [2.45, 2.75) is 20.0 Å². The number of methoxy groups -OCH3 is 3. The van der Waals surface area contributed by atoms with Crippen LogP contribution in [0.4, 0.5) is 0 Å². The van der Waals surface area contributed by atoms with Crippen molar-refractivity contribution in [1.82, 2.24) is 10.2 Å². The van der Waals surface area contributed by atoms with E-state index >= 15 is 0 Å². The van der Waals surface area contributed by atoms with E-state index in [1.165, 1.54) is 0 Å². The number of amides is 1. The van der Waals surface area contributed by atoms with Gasteiger partial charge in [0.2, 0.25) is 5.91 Å². The number of carbonyl (C=O) groups is 1. The van der Waals surface area contributed by atoms with Gasteiger partial charge >= 0.3 is 0 Å². The number of para-hydroxylation sites is 1. The molecule has 2 aromatic carbocycles. The summed E-state index contributed by atoms with van der Waals surface area (Å²) in [6, 6.07) is 11.6. The van der Waals surface area contributed by atoms with Crippen LogP contribution in [0.15, 0.2) is 36.4 Å². The molecule has 0 aliphatic carbocycles. The Morgan fingerprint density at radius 1 is 0.963 bits per heavy atom. The van der Waals surface area contributed by atoms with Gasteiger partial charge in [-0.15, -0.1) is 0 Å². The van der Waals surface area contributed by atoms with Crippen molar-refractivity contribution in [3.63, 3.8) is 0 Å². The van der Waals surface area contributed by atoms with Crippen molar-refractivity contribution in [1.29, 1.82) is 0 Å². The predicted octanol–water partition coefficient (Wildman–Crippen LogP) is 2.77. The third kappa shape index (κ3) is 5.62. The van der Waals surface area contributed by atoms with E-state index in [1.807, 2.05) is 55.3 Å². The molecule has 0 aliphatic rings. The highest BCUT2D eigenvalue weighted by atomic mass is 16.5. The number of ether oxygens (including phenoxy) is 3. The minimum Gasteiger partial charge on any atom is -0.496 e. The van der Waals surface area contributed by atoms with Crippen molar-refractivity contribution < 1.29 is 19.0 Å². The highest BCUT2D eigenvalue weighted by molar-refractivity contribution is 5.78. The topological polar surface area (TPSA) is 60.0 Å². The molecule has 0 fully saturated rings. The first-order chi connectivity index (χ1) is 13.0. The summed E-state index contributed by atoms with van der Waals surface area (Å²) in [6.45, 7) is 3.39. The van der Waals surface area contributed by atoms with Crippen LogP contribution in [-0.2, 0) is 17.9 Å². The molecule has 1 N–H and O–H groups in total. The van der Waals surface area contributed by atoms with Gasteiger partial charge in [0.05, 0.1) is 27.9 Å². The van der Waals surface area contributed by atoms with Gasteiger partial charge in [0.25, 0.3) is 0 Å². The summed E-state index contributed by atoms with van der Waals surface area (Å²) < 4.78 is 16.0. The molecule has 0 saturated heterocycles. The Hall–Kier alpha value is -2.73. The lowest BCUT2D eigenvalue weighted by atomic mass is 10.1. The number of carbonyl (C=O) groups excluding carboxylic acids is 1. The van der Waals surface area contributed by atoms with Gasteiger partial charge in [0, 0.05) is 18.7 Å². The van der Waals surface area contributed by atoms with Gasteiger partial charge in [-0.3, -0.25) is 9.69 Å². The number of benzene rings is 2. The Kier molecular flexibility index (Phi) is 7.49. The second-order valence-electron chi connectivity index (χ2n) is 6.39. The summed E-state index contributed by atoms with van der Waals surface area (Å²) >= 11 is 0. The molecule has 0 bridgehead atoms. The van der Waals surface area contributed by atoms with Gasteiger partial charge in [-0.05, 0) is 43.3 Å². The van der Waals surface area contributed by atoms with Crippen LogP contribution in [0, 0.1) is 6.92 Å². The Morgan fingerprint density at radius 2 is 1.59 bits per heavy atom. The van der Waals surface area contributed by atoms with E-state index in [9.17, 15) is 4.79 Å². The van der Waals surface area contributed by atoms with Crippen LogP contribution in [-0.4, -0.2) is 45.7 Å². The molecular formula is C21H28N2O4. The zero-order valence-electron chi connectivity index (χ0n) is 16.7. The maximum absolute atomic E-state index is 12.3.